The third-order valence-corrected chi connectivity index (χ3v) is 4.24. The van der Waals surface area contributed by atoms with Crippen LogP contribution in [0.15, 0.2) is 36.0 Å². The maximum Gasteiger partial charge on any atom is 0.252 e. The fourth-order valence-corrected chi connectivity index (χ4v) is 2.70. The molecule has 0 aliphatic heterocycles. The fourth-order valence-electron chi connectivity index (χ4n) is 1.79. The van der Waals surface area contributed by atoms with E-state index in [0.29, 0.717) is 5.92 Å². The van der Waals surface area contributed by atoms with Gasteiger partial charge in [0, 0.05) is 22.7 Å². The van der Waals surface area contributed by atoms with Crippen molar-refractivity contribution in [3.05, 3.63) is 52.0 Å². The van der Waals surface area contributed by atoms with Crippen molar-refractivity contribution in [1.82, 2.24) is 10.3 Å². The lowest BCUT2D eigenvalue weighted by Crippen LogP contribution is -2.26. The third-order valence-electron chi connectivity index (χ3n) is 3.00. The largest absolute Gasteiger partial charge is 0.345 e. The molecule has 0 radical (unpaired) electrons. The molecule has 2 heterocycles. The summed E-state index contributed by atoms with van der Waals surface area (Å²) in [6.07, 6.45) is 3.47. The predicted octanol–water partition coefficient (Wildman–Crippen LogP) is 3.76. The van der Waals surface area contributed by atoms with Crippen molar-refractivity contribution in [2.75, 3.05) is 0 Å². The maximum absolute atomic E-state index is 12.1. The van der Waals surface area contributed by atoms with Gasteiger partial charge in [0.25, 0.3) is 5.91 Å². The Kier molecular flexibility index (Phi) is 4.32. The number of hydrogen-bond acceptors (Lipinski definition) is 3. The van der Waals surface area contributed by atoms with Gasteiger partial charge in [-0.05, 0) is 36.6 Å². The highest BCUT2D eigenvalue weighted by atomic mass is 32.1. The summed E-state index contributed by atoms with van der Waals surface area (Å²) in [5, 5.41) is 4.93. The van der Waals surface area contributed by atoms with Crippen LogP contribution in [0.3, 0.4) is 0 Å². The molecule has 0 aliphatic carbocycles. The Morgan fingerprint density at radius 3 is 2.53 bits per heavy atom. The van der Waals surface area contributed by atoms with Crippen LogP contribution in [0.4, 0.5) is 0 Å². The van der Waals surface area contributed by atoms with Gasteiger partial charge in [0.2, 0.25) is 0 Å². The zero-order valence-electron chi connectivity index (χ0n) is 11.4. The number of amides is 1. The highest BCUT2D eigenvalue weighted by Crippen LogP contribution is 2.23. The number of thiophene rings is 1. The van der Waals surface area contributed by atoms with Crippen LogP contribution in [0.2, 0.25) is 0 Å². The molecule has 0 saturated heterocycles. The van der Waals surface area contributed by atoms with Crippen LogP contribution in [0.25, 0.3) is 0 Å². The van der Waals surface area contributed by atoms with Crippen molar-refractivity contribution in [2.24, 2.45) is 0 Å². The molecule has 0 aromatic carbocycles. The standard InChI is InChI=1S/C15H18N2OS/c1-10(2)14-8-13(9-19-14)15(18)17-11(3)12-4-6-16-7-5-12/h4-11H,1-3H3,(H,17,18)/t11-/m0/s1. The molecule has 0 bridgehead atoms. The van der Waals surface area contributed by atoms with Crippen LogP contribution in [0.5, 0.6) is 0 Å². The molecular formula is C15H18N2OS. The molecule has 2 aromatic rings. The molecule has 100 valence electrons. The zero-order valence-corrected chi connectivity index (χ0v) is 12.2. The van der Waals surface area contributed by atoms with Crippen LogP contribution in [-0.2, 0) is 0 Å². The highest BCUT2D eigenvalue weighted by Gasteiger charge is 2.13. The summed E-state index contributed by atoms with van der Waals surface area (Å²) in [6, 6.07) is 5.79. The van der Waals surface area contributed by atoms with E-state index < -0.39 is 0 Å². The smallest absolute Gasteiger partial charge is 0.252 e. The number of nitrogens with one attached hydrogen (secondary N) is 1. The van der Waals surface area contributed by atoms with Gasteiger partial charge in [-0.1, -0.05) is 13.8 Å². The molecule has 1 atom stereocenters. The van der Waals surface area contributed by atoms with Gasteiger partial charge in [-0.3, -0.25) is 9.78 Å². The van der Waals surface area contributed by atoms with Crippen LogP contribution in [0, 0.1) is 0 Å². The monoisotopic (exact) mass is 274 g/mol. The third kappa shape index (κ3) is 3.41. The van der Waals surface area contributed by atoms with E-state index in [4.69, 9.17) is 0 Å². The van der Waals surface area contributed by atoms with Crippen molar-refractivity contribution >= 4 is 17.2 Å². The Hall–Kier alpha value is -1.68. The lowest BCUT2D eigenvalue weighted by atomic mass is 10.1. The Balaban J connectivity index is 2.04. The summed E-state index contributed by atoms with van der Waals surface area (Å²) in [5.74, 6) is 0.441. The summed E-state index contributed by atoms with van der Waals surface area (Å²) >= 11 is 1.64. The van der Waals surface area contributed by atoms with Gasteiger partial charge >= 0.3 is 0 Å². The van der Waals surface area contributed by atoms with E-state index in [-0.39, 0.29) is 11.9 Å². The molecule has 2 rings (SSSR count). The van der Waals surface area contributed by atoms with Crippen LogP contribution >= 0.6 is 11.3 Å². The first kappa shape index (κ1) is 13.7. The van der Waals surface area contributed by atoms with E-state index >= 15 is 0 Å². The molecular weight excluding hydrogens is 256 g/mol. The summed E-state index contributed by atoms with van der Waals surface area (Å²) < 4.78 is 0. The number of pyridine rings is 1. The quantitative estimate of drug-likeness (QED) is 0.922. The van der Waals surface area contributed by atoms with Gasteiger partial charge in [-0.2, -0.15) is 0 Å². The summed E-state index contributed by atoms with van der Waals surface area (Å²) in [7, 11) is 0. The van der Waals surface area contributed by atoms with Crippen LogP contribution in [-0.4, -0.2) is 10.9 Å². The van der Waals surface area contributed by atoms with Crippen LogP contribution in [0.1, 0.15) is 53.5 Å². The van der Waals surface area contributed by atoms with E-state index in [1.54, 1.807) is 23.7 Å². The Labute approximate surface area is 117 Å². The van der Waals surface area contributed by atoms with Crippen molar-refractivity contribution in [3.63, 3.8) is 0 Å². The normalized spacial score (nSPS) is 12.4. The average Bonchev–Trinajstić information content (AvgIpc) is 2.89. The topological polar surface area (TPSA) is 42.0 Å². The van der Waals surface area contributed by atoms with Gasteiger partial charge < -0.3 is 5.32 Å². The molecule has 0 spiro atoms. The van der Waals surface area contributed by atoms with Gasteiger partial charge in [0.05, 0.1) is 11.6 Å². The zero-order chi connectivity index (χ0) is 13.8. The second-order valence-electron chi connectivity index (χ2n) is 4.87. The first-order chi connectivity index (χ1) is 9.08. The van der Waals surface area contributed by atoms with Crippen molar-refractivity contribution in [1.29, 1.82) is 0 Å². The first-order valence-electron chi connectivity index (χ1n) is 6.37. The van der Waals surface area contributed by atoms with Gasteiger partial charge in [0.15, 0.2) is 0 Å². The maximum atomic E-state index is 12.1. The predicted molar refractivity (Wildman–Crippen MR) is 78.5 cm³/mol. The van der Waals surface area contributed by atoms with Crippen molar-refractivity contribution in [3.8, 4) is 0 Å². The Morgan fingerprint density at radius 1 is 1.26 bits per heavy atom. The minimum atomic E-state index is -0.0209. The fraction of sp³-hybridized carbons (Fsp3) is 0.333. The second kappa shape index (κ2) is 5.97. The van der Waals surface area contributed by atoms with Crippen molar-refractivity contribution < 1.29 is 4.79 Å². The Bertz CT molecular complexity index is 548. The number of nitrogens with zero attached hydrogens (tertiary/aromatic N) is 1. The highest BCUT2D eigenvalue weighted by molar-refractivity contribution is 7.10. The lowest BCUT2D eigenvalue weighted by molar-refractivity contribution is 0.0940. The molecule has 1 amide bonds. The first-order valence-corrected chi connectivity index (χ1v) is 7.25. The number of rotatable bonds is 4. The Morgan fingerprint density at radius 2 is 1.95 bits per heavy atom. The average molecular weight is 274 g/mol. The number of carbonyl (C=O) groups is 1. The minimum Gasteiger partial charge on any atom is -0.345 e. The number of hydrogen-bond donors (Lipinski definition) is 1. The van der Waals surface area contributed by atoms with E-state index in [1.807, 2.05) is 30.5 Å². The number of aromatic nitrogens is 1. The SMILES string of the molecule is CC(C)c1cc(C(=O)N[C@@H](C)c2ccncc2)cs1. The van der Waals surface area contributed by atoms with Gasteiger partial charge in [-0.15, -0.1) is 11.3 Å². The van der Waals surface area contributed by atoms with E-state index in [1.165, 1.54) is 4.88 Å². The van der Waals surface area contributed by atoms with Gasteiger partial charge in [0.1, 0.15) is 0 Å². The molecule has 0 saturated carbocycles. The molecule has 4 heteroatoms. The summed E-state index contributed by atoms with van der Waals surface area (Å²) in [6.45, 7) is 6.24. The second-order valence-corrected chi connectivity index (χ2v) is 5.81. The molecule has 1 N–H and O–H groups in total. The van der Waals surface area contributed by atoms with Crippen molar-refractivity contribution in [2.45, 2.75) is 32.7 Å². The van der Waals surface area contributed by atoms with Crippen LogP contribution < -0.4 is 5.32 Å². The summed E-state index contributed by atoms with van der Waals surface area (Å²) in [4.78, 5) is 17.4. The lowest BCUT2D eigenvalue weighted by Gasteiger charge is -2.13. The molecule has 0 fully saturated rings. The molecule has 0 unspecified atom stereocenters. The van der Waals surface area contributed by atoms with E-state index in [9.17, 15) is 4.79 Å². The molecule has 3 nitrogen and oxygen atoms in total. The van der Waals surface area contributed by atoms with E-state index in [2.05, 4.69) is 24.1 Å². The number of carbonyl (C=O) groups excluding carboxylic acids is 1. The molecule has 19 heavy (non-hydrogen) atoms. The van der Waals surface area contributed by atoms with E-state index in [0.717, 1.165) is 11.1 Å². The minimum absolute atomic E-state index is 0.0158. The summed E-state index contributed by atoms with van der Waals surface area (Å²) in [5.41, 5.74) is 1.80. The van der Waals surface area contributed by atoms with Gasteiger partial charge in [-0.25, -0.2) is 0 Å². The molecule has 2 aromatic heterocycles. The molecule has 0 aliphatic rings.